The minimum Gasteiger partial charge on any atom is -0.299 e. The molecular weight excluding hydrogens is 265 g/mol. The summed E-state index contributed by atoms with van der Waals surface area (Å²) in [4.78, 5) is 14.7. The zero-order valence-corrected chi connectivity index (χ0v) is 11.9. The predicted octanol–water partition coefficient (Wildman–Crippen LogP) is 3.65. The summed E-state index contributed by atoms with van der Waals surface area (Å²) in [5.74, 6) is -0.393. The summed E-state index contributed by atoms with van der Waals surface area (Å²) < 4.78 is 12.9. The number of carbonyl (C=O) groups excluding carboxylic acids is 1. The molecule has 0 saturated carbocycles. The average Bonchev–Trinajstić information content (AvgIpc) is 3.01. The van der Waals surface area contributed by atoms with Crippen molar-refractivity contribution in [3.8, 4) is 0 Å². The molecule has 108 valence electrons. The molecule has 0 aliphatic carbocycles. The number of likely N-dealkylation sites (tertiary alicyclic amines) is 1. The number of halogens is 1. The molecule has 21 heavy (non-hydrogen) atoms. The standard InChI is InChI=1S/C18H18FNO/c19-17-9-7-16(8-10-17)18(21)15-5-3-14(4-6-15)13-20-11-1-2-12-20/h3-10H,1-2,11-13H2. The summed E-state index contributed by atoms with van der Waals surface area (Å²) in [6.07, 6.45) is 2.56. The normalized spacial score (nSPS) is 15.3. The monoisotopic (exact) mass is 283 g/mol. The summed E-state index contributed by atoms with van der Waals surface area (Å²) in [6, 6.07) is 13.4. The lowest BCUT2D eigenvalue weighted by Gasteiger charge is -2.14. The van der Waals surface area contributed by atoms with Crippen LogP contribution in [0.4, 0.5) is 4.39 Å². The van der Waals surface area contributed by atoms with E-state index in [1.807, 2.05) is 24.3 Å². The Morgan fingerprint density at radius 1 is 0.905 bits per heavy atom. The number of rotatable bonds is 4. The quantitative estimate of drug-likeness (QED) is 0.798. The van der Waals surface area contributed by atoms with E-state index in [1.165, 1.54) is 42.7 Å². The van der Waals surface area contributed by atoms with Crippen LogP contribution in [0.25, 0.3) is 0 Å². The Morgan fingerprint density at radius 2 is 1.43 bits per heavy atom. The molecule has 3 heteroatoms. The van der Waals surface area contributed by atoms with Gasteiger partial charge in [0, 0.05) is 17.7 Å². The van der Waals surface area contributed by atoms with Crippen LogP contribution >= 0.6 is 0 Å². The summed E-state index contributed by atoms with van der Waals surface area (Å²) in [6.45, 7) is 3.28. The second-order valence-corrected chi connectivity index (χ2v) is 5.52. The van der Waals surface area contributed by atoms with Crippen LogP contribution in [0.1, 0.15) is 34.3 Å². The molecule has 3 rings (SSSR count). The van der Waals surface area contributed by atoms with Crippen LogP contribution < -0.4 is 0 Å². The molecule has 0 radical (unpaired) electrons. The third-order valence-electron chi connectivity index (χ3n) is 3.93. The van der Waals surface area contributed by atoms with E-state index in [1.54, 1.807) is 0 Å². The molecule has 1 aliphatic rings. The van der Waals surface area contributed by atoms with Crippen LogP contribution in [0.3, 0.4) is 0 Å². The smallest absolute Gasteiger partial charge is 0.193 e. The van der Waals surface area contributed by atoms with Gasteiger partial charge in [0.1, 0.15) is 5.82 Å². The van der Waals surface area contributed by atoms with Crippen LogP contribution in [-0.4, -0.2) is 23.8 Å². The topological polar surface area (TPSA) is 20.3 Å². The van der Waals surface area contributed by atoms with E-state index < -0.39 is 0 Å². The zero-order valence-electron chi connectivity index (χ0n) is 11.9. The van der Waals surface area contributed by atoms with E-state index in [4.69, 9.17) is 0 Å². The lowest BCUT2D eigenvalue weighted by atomic mass is 10.0. The first kappa shape index (κ1) is 14.0. The van der Waals surface area contributed by atoms with Crippen LogP contribution in [0.15, 0.2) is 48.5 Å². The Bertz CT molecular complexity index is 613. The van der Waals surface area contributed by atoms with Crippen LogP contribution in [0, 0.1) is 5.82 Å². The molecule has 2 aromatic carbocycles. The molecule has 0 amide bonds. The van der Waals surface area contributed by atoms with E-state index in [-0.39, 0.29) is 11.6 Å². The fourth-order valence-electron chi connectivity index (χ4n) is 2.73. The predicted molar refractivity (Wildman–Crippen MR) is 80.8 cm³/mol. The molecular formula is C18H18FNO. The molecule has 0 aromatic heterocycles. The lowest BCUT2D eigenvalue weighted by Crippen LogP contribution is -2.18. The van der Waals surface area contributed by atoms with Crippen molar-refractivity contribution < 1.29 is 9.18 Å². The number of hydrogen-bond acceptors (Lipinski definition) is 2. The van der Waals surface area contributed by atoms with Crippen LogP contribution in [-0.2, 0) is 6.54 Å². The summed E-state index contributed by atoms with van der Waals surface area (Å²) in [5, 5.41) is 0. The summed E-state index contributed by atoms with van der Waals surface area (Å²) in [5.41, 5.74) is 2.39. The van der Waals surface area contributed by atoms with Gasteiger partial charge in [0.25, 0.3) is 0 Å². The molecule has 1 aliphatic heterocycles. The Morgan fingerprint density at radius 3 is 2.00 bits per heavy atom. The van der Waals surface area contributed by atoms with Crippen LogP contribution in [0.2, 0.25) is 0 Å². The SMILES string of the molecule is O=C(c1ccc(F)cc1)c1ccc(CN2CCCC2)cc1. The van der Waals surface area contributed by atoms with Crippen molar-refractivity contribution in [3.63, 3.8) is 0 Å². The van der Waals surface area contributed by atoms with Crippen molar-refractivity contribution in [2.24, 2.45) is 0 Å². The molecule has 1 saturated heterocycles. The van der Waals surface area contributed by atoms with Crippen molar-refractivity contribution in [2.45, 2.75) is 19.4 Å². The van der Waals surface area contributed by atoms with Gasteiger partial charge in [-0.3, -0.25) is 9.69 Å². The maximum Gasteiger partial charge on any atom is 0.193 e. The first-order valence-corrected chi connectivity index (χ1v) is 7.34. The van der Waals surface area contributed by atoms with E-state index in [0.29, 0.717) is 11.1 Å². The maximum atomic E-state index is 12.9. The summed E-state index contributed by atoms with van der Waals surface area (Å²) in [7, 11) is 0. The highest BCUT2D eigenvalue weighted by molar-refractivity contribution is 6.08. The highest BCUT2D eigenvalue weighted by Gasteiger charge is 2.13. The van der Waals surface area contributed by atoms with Crippen molar-refractivity contribution in [2.75, 3.05) is 13.1 Å². The summed E-state index contributed by atoms with van der Waals surface area (Å²) >= 11 is 0. The highest BCUT2D eigenvalue weighted by atomic mass is 19.1. The Kier molecular flexibility index (Phi) is 4.11. The van der Waals surface area contributed by atoms with E-state index in [0.717, 1.165) is 19.6 Å². The maximum absolute atomic E-state index is 12.9. The molecule has 0 bridgehead atoms. The Labute approximate surface area is 124 Å². The lowest BCUT2D eigenvalue weighted by molar-refractivity contribution is 0.103. The molecule has 1 heterocycles. The van der Waals surface area contributed by atoms with Crippen molar-refractivity contribution in [1.29, 1.82) is 0 Å². The van der Waals surface area contributed by atoms with Gasteiger partial charge in [-0.2, -0.15) is 0 Å². The third kappa shape index (κ3) is 3.37. The van der Waals surface area contributed by atoms with Crippen molar-refractivity contribution in [1.82, 2.24) is 4.90 Å². The first-order valence-electron chi connectivity index (χ1n) is 7.34. The molecule has 2 nitrogen and oxygen atoms in total. The van der Waals surface area contributed by atoms with E-state index in [2.05, 4.69) is 4.90 Å². The number of hydrogen-bond donors (Lipinski definition) is 0. The van der Waals surface area contributed by atoms with Crippen molar-refractivity contribution in [3.05, 3.63) is 71.0 Å². The van der Waals surface area contributed by atoms with Gasteiger partial charge in [0.15, 0.2) is 5.78 Å². The third-order valence-corrected chi connectivity index (χ3v) is 3.93. The Hall–Kier alpha value is -2.00. The molecule has 2 aromatic rings. The van der Waals surface area contributed by atoms with Gasteiger partial charge in [0.05, 0.1) is 0 Å². The number of ketones is 1. The molecule has 0 unspecified atom stereocenters. The van der Waals surface area contributed by atoms with Gasteiger partial charge in [-0.1, -0.05) is 24.3 Å². The van der Waals surface area contributed by atoms with Gasteiger partial charge in [0.2, 0.25) is 0 Å². The second-order valence-electron chi connectivity index (χ2n) is 5.52. The van der Waals surface area contributed by atoms with Gasteiger partial charge in [-0.25, -0.2) is 4.39 Å². The fraction of sp³-hybridized carbons (Fsp3) is 0.278. The fourth-order valence-corrected chi connectivity index (χ4v) is 2.73. The first-order chi connectivity index (χ1) is 10.2. The Balaban J connectivity index is 1.71. The molecule has 0 N–H and O–H groups in total. The zero-order chi connectivity index (χ0) is 14.7. The molecule has 1 fully saturated rings. The van der Waals surface area contributed by atoms with Gasteiger partial charge < -0.3 is 0 Å². The molecule has 0 atom stereocenters. The number of nitrogens with zero attached hydrogens (tertiary/aromatic N) is 1. The van der Waals surface area contributed by atoms with Crippen molar-refractivity contribution >= 4 is 5.78 Å². The minimum atomic E-state index is -0.326. The van der Waals surface area contributed by atoms with Gasteiger partial charge in [-0.15, -0.1) is 0 Å². The number of benzene rings is 2. The second kappa shape index (κ2) is 6.19. The van der Waals surface area contributed by atoms with Gasteiger partial charge >= 0.3 is 0 Å². The molecule has 0 spiro atoms. The average molecular weight is 283 g/mol. The highest BCUT2D eigenvalue weighted by Crippen LogP contribution is 2.15. The number of carbonyl (C=O) groups is 1. The van der Waals surface area contributed by atoms with E-state index in [9.17, 15) is 9.18 Å². The van der Waals surface area contributed by atoms with Crippen LogP contribution in [0.5, 0.6) is 0 Å². The minimum absolute atomic E-state index is 0.0669. The van der Waals surface area contributed by atoms with Gasteiger partial charge in [-0.05, 0) is 55.8 Å². The van der Waals surface area contributed by atoms with E-state index >= 15 is 0 Å². The largest absolute Gasteiger partial charge is 0.299 e.